The molecule has 1 fully saturated rings. The second-order valence-electron chi connectivity index (χ2n) is 5.80. The molecule has 1 amide bonds. The van der Waals surface area contributed by atoms with Gasteiger partial charge in [0.1, 0.15) is 0 Å². The number of nitrogens with zero attached hydrogens (tertiary/aromatic N) is 1. The molecular weight excluding hydrogens is 404 g/mol. The molecule has 23 heavy (non-hydrogen) atoms. The van der Waals surface area contributed by atoms with Gasteiger partial charge in [0.05, 0.1) is 0 Å². The summed E-state index contributed by atoms with van der Waals surface area (Å²) in [5.74, 6) is -0.306. The predicted molar refractivity (Wildman–Crippen MR) is 97.5 cm³/mol. The summed E-state index contributed by atoms with van der Waals surface area (Å²) in [5, 5.41) is 3.12. The average molecular weight is 426 g/mol. The number of rotatable bonds is 4. The molecule has 0 atom stereocenters. The number of hydrogen-bond acceptors (Lipinski definition) is 4. The molecule has 1 saturated heterocycles. The zero-order valence-corrected chi connectivity index (χ0v) is 16.4. The third-order valence-corrected chi connectivity index (χ3v) is 6.72. The molecular formula is C15H22BrClN2O3S. The van der Waals surface area contributed by atoms with Gasteiger partial charge in [-0.3, -0.25) is 4.79 Å². The van der Waals surface area contributed by atoms with E-state index in [1.54, 1.807) is 7.05 Å². The average Bonchev–Trinajstić information content (AvgIpc) is 2.48. The smallest absolute Gasteiger partial charge is 0.244 e. The molecule has 0 saturated carbocycles. The van der Waals surface area contributed by atoms with E-state index in [0.29, 0.717) is 32.5 Å². The van der Waals surface area contributed by atoms with E-state index in [1.165, 1.54) is 11.2 Å². The molecule has 1 aliphatic heterocycles. The Balaban J connectivity index is 0.00000264. The van der Waals surface area contributed by atoms with E-state index in [2.05, 4.69) is 21.2 Å². The molecule has 0 aromatic heterocycles. The number of carbonyl (C=O) groups excluding carboxylic acids is 1. The number of nitrogens with one attached hydrogen (secondary N) is 1. The topological polar surface area (TPSA) is 66.5 Å². The standard InChI is InChI=1S/C15H21BrN2O3S.ClH/c1-18(11-12-3-5-13(16)6-4-12)14(19)15(22(2,20)21)7-9-17-10-8-15;/h3-6,17H,7-11H2,1-2H3;1H. The molecule has 0 unspecified atom stereocenters. The second-order valence-corrected chi connectivity index (χ2v) is 9.05. The van der Waals surface area contributed by atoms with E-state index >= 15 is 0 Å². The van der Waals surface area contributed by atoms with Gasteiger partial charge in [0, 0.05) is 24.3 Å². The summed E-state index contributed by atoms with van der Waals surface area (Å²) in [6, 6.07) is 7.65. The van der Waals surface area contributed by atoms with Crippen LogP contribution in [-0.2, 0) is 21.2 Å². The first kappa shape index (κ1) is 20.4. The van der Waals surface area contributed by atoms with Crippen LogP contribution in [0.4, 0.5) is 0 Å². The minimum atomic E-state index is -3.47. The van der Waals surface area contributed by atoms with Crippen molar-refractivity contribution in [2.24, 2.45) is 0 Å². The van der Waals surface area contributed by atoms with Gasteiger partial charge in [-0.2, -0.15) is 0 Å². The molecule has 1 heterocycles. The van der Waals surface area contributed by atoms with Crippen LogP contribution in [0.1, 0.15) is 18.4 Å². The summed E-state index contributed by atoms with van der Waals surface area (Å²) < 4.78 is 24.2. The fourth-order valence-electron chi connectivity index (χ4n) is 2.86. The van der Waals surface area contributed by atoms with Crippen molar-refractivity contribution in [3.8, 4) is 0 Å². The highest BCUT2D eigenvalue weighted by Crippen LogP contribution is 2.30. The maximum atomic E-state index is 12.8. The Bertz CT molecular complexity index is 643. The summed E-state index contributed by atoms with van der Waals surface area (Å²) in [7, 11) is -1.80. The fraction of sp³-hybridized carbons (Fsp3) is 0.533. The molecule has 1 N–H and O–H groups in total. The molecule has 0 aliphatic carbocycles. The van der Waals surface area contributed by atoms with Crippen LogP contribution in [0.2, 0.25) is 0 Å². The third-order valence-electron chi connectivity index (χ3n) is 4.19. The summed E-state index contributed by atoms with van der Waals surface area (Å²) in [5.41, 5.74) is 0.969. The Morgan fingerprint density at radius 1 is 1.26 bits per heavy atom. The van der Waals surface area contributed by atoms with E-state index in [9.17, 15) is 13.2 Å². The maximum absolute atomic E-state index is 12.8. The zero-order chi connectivity index (χ0) is 16.4. The number of benzene rings is 1. The molecule has 1 aromatic rings. The van der Waals surface area contributed by atoms with Gasteiger partial charge in [-0.05, 0) is 43.6 Å². The van der Waals surface area contributed by atoms with E-state index in [0.717, 1.165) is 10.0 Å². The number of amides is 1. The van der Waals surface area contributed by atoms with E-state index in [1.807, 2.05) is 24.3 Å². The normalized spacial score (nSPS) is 17.2. The summed E-state index contributed by atoms with van der Waals surface area (Å²) in [6.45, 7) is 1.49. The highest BCUT2D eigenvalue weighted by molar-refractivity contribution is 9.10. The molecule has 8 heteroatoms. The van der Waals surface area contributed by atoms with Crippen molar-refractivity contribution < 1.29 is 13.2 Å². The lowest BCUT2D eigenvalue weighted by molar-refractivity contribution is -0.134. The van der Waals surface area contributed by atoms with E-state index in [-0.39, 0.29) is 18.3 Å². The van der Waals surface area contributed by atoms with Crippen molar-refractivity contribution in [3.05, 3.63) is 34.3 Å². The lowest BCUT2D eigenvalue weighted by Gasteiger charge is -2.37. The molecule has 5 nitrogen and oxygen atoms in total. The van der Waals surface area contributed by atoms with Crippen molar-refractivity contribution in [2.75, 3.05) is 26.4 Å². The van der Waals surface area contributed by atoms with Gasteiger partial charge in [0.2, 0.25) is 5.91 Å². The van der Waals surface area contributed by atoms with Crippen LogP contribution >= 0.6 is 28.3 Å². The number of carbonyl (C=O) groups is 1. The minimum Gasteiger partial charge on any atom is -0.340 e. The Labute approximate surface area is 152 Å². The molecule has 130 valence electrons. The van der Waals surface area contributed by atoms with Crippen molar-refractivity contribution in [3.63, 3.8) is 0 Å². The lowest BCUT2D eigenvalue weighted by atomic mass is 9.95. The Morgan fingerprint density at radius 2 is 1.78 bits per heavy atom. The lowest BCUT2D eigenvalue weighted by Crippen LogP contribution is -2.57. The predicted octanol–water partition coefficient (Wildman–Crippen LogP) is 2.00. The van der Waals surface area contributed by atoms with Crippen LogP contribution in [-0.4, -0.2) is 50.4 Å². The molecule has 1 aliphatic rings. The van der Waals surface area contributed by atoms with Crippen molar-refractivity contribution in [1.29, 1.82) is 0 Å². The first-order valence-corrected chi connectivity index (χ1v) is 9.85. The van der Waals surface area contributed by atoms with Gasteiger partial charge in [-0.25, -0.2) is 8.42 Å². The van der Waals surface area contributed by atoms with Crippen LogP contribution in [0.15, 0.2) is 28.7 Å². The highest BCUT2D eigenvalue weighted by Gasteiger charge is 2.49. The first-order valence-electron chi connectivity index (χ1n) is 7.16. The number of hydrogen-bond donors (Lipinski definition) is 1. The Kier molecular flexibility index (Phi) is 7.07. The summed E-state index contributed by atoms with van der Waals surface area (Å²) in [6.07, 6.45) is 1.83. The van der Waals surface area contributed by atoms with Gasteiger partial charge < -0.3 is 10.2 Å². The Morgan fingerprint density at radius 3 is 2.26 bits per heavy atom. The van der Waals surface area contributed by atoms with Crippen LogP contribution in [0.3, 0.4) is 0 Å². The van der Waals surface area contributed by atoms with Crippen molar-refractivity contribution in [2.45, 2.75) is 24.1 Å². The summed E-state index contributed by atoms with van der Waals surface area (Å²) in [4.78, 5) is 14.4. The van der Waals surface area contributed by atoms with E-state index < -0.39 is 14.6 Å². The monoisotopic (exact) mass is 424 g/mol. The zero-order valence-electron chi connectivity index (χ0n) is 13.2. The number of sulfone groups is 1. The quantitative estimate of drug-likeness (QED) is 0.801. The maximum Gasteiger partial charge on any atom is 0.244 e. The minimum absolute atomic E-state index is 0. The van der Waals surface area contributed by atoms with Gasteiger partial charge >= 0.3 is 0 Å². The van der Waals surface area contributed by atoms with Crippen LogP contribution in [0.25, 0.3) is 0 Å². The number of piperidine rings is 1. The summed E-state index contributed by atoms with van der Waals surface area (Å²) >= 11 is 3.37. The van der Waals surface area contributed by atoms with Gasteiger partial charge in [0.25, 0.3) is 0 Å². The molecule has 0 radical (unpaired) electrons. The van der Waals surface area contributed by atoms with Crippen LogP contribution < -0.4 is 5.32 Å². The van der Waals surface area contributed by atoms with Crippen molar-refractivity contribution >= 4 is 44.1 Å². The van der Waals surface area contributed by atoms with Gasteiger partial charge in [-0.15, -0.1) is 12.4 Å². The second kappa shape index (κ2) is 7.96. The van der Waals surface area contributed by atoms with Crippen molar-refractivity contribution in [1.82, 2.24) is 10.2 Å². The molecule has 1 aromatic carbocycles. The number of halogens is 2. The first-order chi connectivity index (χ1) is 10.3. The van der Waals surface area contributed by atoms with Crippen LogP contribution in [0, 0.1) is 0 Å². The van der Waals surface area contributed by atoms with Gasteiger partial charge in [0.15, 0.2) is 14.6 Å². The van der Waals surface area contributed by atoms with E-state index in [4.69, 9.17) is 0 Å². The SMILES string of the molecule is CN(Cc1ccc(Br)cc1)C(=O)C1(S(C)(=O)=O)CCNCC1.Cl. The Hall–Kier alpha value is -0.630. The third kappa shape index (κ3) is 4.47. The fourth-order valence-corrected chi connectivity index (χ4v) is 4.54. The molecule has 0 bridgehead atoms. The van der Waals surface area contributed by atoms with Crippen LogP contribution in [0.5, 0.6) is 0 Å². The highest BCUT2D eigenvalue weighted by atomic mass is 79.9. The largest absolute Gasteiger partial charge is 0.340 e. The van der Waals surface area contributed by atoms with Gasteiger partial charge in [-0.1, -0.05) is 28.1 Å². The molecule has 2 rings (SSSR count). The molecule has 0 spiro atoms.